The molecule has 1 N–H and O–H groups in total. The number of amides is 1. The average Bonchev–Trinajstić information content (AvgIpc) is 2.74. The van der Waals surface area contributed by atoms with Crippen LogP contribution in [0.25, 0.3) is 0 Å². The van der Waals surface area contributed by atoms with Gasteiger partial charge in [0.15, 0.2) is 9.84 Å². The third-order valence-electron chi connectivity index (χ3n) is 3.52. The van der Waals surface area contributed by atoms with Crippen molar-refractivity contribution in [3.8, 4) is 0 Å². The molecular formula is C14H18BrNO3S. The number of hydrogen-bond acceptors (Lipinski definition) is 3. The molecule has 1 saturated heterocycles. The van der Waals surface area contributed by atoms with E-state index in [1.165, 1.54) is 0 Å². The van der Waals surface area contributed by atoms with Gasteiger partial charge in [0.2, 0.25) is 0 Å². The lowest BCUT2D eigenvalue weighted by atomic mass is 10.0. The zero-order valence-corrected chi connectivity index (χ0v) is 13.5. The van der Waals surface area contributed by atoms with Crippen LogP contribution in [0.3, 0.4) is 0 Å². The molecule has 110 valence electrons. The third-order valence-corrected chi connectivity index (χ3v) is 6.05. The molecular weight excluding hydrogens is 342 g/mol. The van der Waals surface area contributed by atoms with Crippen molar-refractivity contribution in [3.63, 3.8) is 0 Å². The van der Waals surface area contributed by atoms with Crippen LogP contribution >= 0.6 is 15.9 Å². The monoisotopic (exact) mass is 359 g/mol. The highest BCUT2D eigenvalue weighted by molar-refractivity contribution is 9.10. The fraction of sp³-hybridized carbons (Fsp3) is 0.500. The summed E-state index contributed by atoms with van der Waals surface area (Å²) in [6, 6.07) is 7.28. The smallest absolute Gasteiger partial charge is 0.252 e. The van der Waals surface area contributed by atoms with Crippen LogP contribution in [-0.4, -0.2) is 32.4 Å². The van der Waals surface area contributed by atoms with Gasteiger partial charge in [-0.15, -0.1) is 0 Å². The van der Waals surface area contributed by atoms with E-state index in [9.17, 15) is 13.2 Å². The molecule has 20 heavy (non-hydrogen) atoms. The number of hydrogen-bond donors (Lipinski definition) is 1. The minimum Gasteiger partial charge on any atom is -0.352 e. The first kappa shape index (κ1) is 15.5. The molecule has 2 rings (SSSR count). The summed E-state index contributed by atoms with van der Waals surface area (Å²) >= 11 is 3.34. The Hall–Kier alpha value is -0.880. The molecule has 0 aliphatic carbocycles. The van der Waals surface area contributed by atoms with Crippen LogP contribution in [0.15, 0.2) is 28.7 Å². The molecule has 1 aliphatic rings. The highest BCUT2D eigenvalue weighted by Gasteiger charge is 2.27. The van der Waals surface area contributed by atoms with E-state index in [0.717, 1.165) is 23.7 Å². The Morgan fingerprint density at radius 1 is 1.35 bits per heavy atom. The summed E-state index contributed by atoms with van der Waals surface area (Å²) in [5.74, 6) is 0.795. The standard InChI is InChI=1S/C14H18BrNO3S/c15-13-6-2-1-5-12(13)14(17)16-8-3-4-11-7-9-20(18,19)10-11/h1-2,5-6,11H,3-4,7-10H2,(H,16,17). The molecule has 6 heteroatoms. The fourth-order valence-corrected chi connectivity index (χ4v) is 4.81. The summed E-state index contributed by atoms with van der Waals surface area (Å²) < 4.78 is 23.4. The Morgan fingerprint density at radius 3 is 2.75 bits per heavy atom. The summed E-state index contributed by atoms with van der Waals surface area (Å²) in [5, 5.41) is 2.87. The van der Waals surface area contributed by atoms with Crippen LogP contribution in [0.4, 0.5) is 0 Å². The first-order valence-corrected chi connectivity index (χ1v) is 9.32. The molecule has 1 aromatic carbocycles. The summed E-state index contributed by atoms with van der Waals surface area (Å²) in [6.45, 7) is 0.580. The van der Waals surface area contributed by atoms with Crippen molar-refractivity contribution < 1.29 is 13.2 Å². The van der Waals surface area contributed by atoms with Gasteiger partial charge in [0.1, 0.15) is 0 Å². The highest BCUT2D eigenvalue weighted by atomic mass is 79.9. The lowest BCUT2D eigenvalue weighted by Gasteiger charge is -2.09. The molecule has 0 saturated carbocycles. The largest absolute Gasteiger partial charge is 0.352 e. The molecule has 0 bridgehead atoms. The van der Waals surface area contributed by atoms with Gasteiger partial charge >= 0.3 is 0 Å². The number of carbonyl (C=O) groups is 1. The van der Waals surface area contributed by atoms with Crippen molar-refractivity contribution in [2.45, 2.75) is 19.3 Å². The van der Waals surface area contributed by atoms with Crippen LogP contribution in [0.1, 0.15) is 29.6 Å². The van der Waals surface area contributed by atoms with E-state index in [1.807, 2.05) is 18.2 Å². The van der Waals surface area contributed by atoms with Crippen molar-refractivity contribution in [2.24, 2.45) is 5.92 Å². The molecule has 0 aromatic heterocycles. The topological polar surface area (TPSA) is 63.2 Å². The van der Waals surface area contributed by atoms with E-state index in [-0.39, 0.29) is 11.8 Å². The van der Waals surface area contributed by atoms with Crippen LogP contribution in [0.5, 0.6) is 0 Å². The molecule has 4 nitrogen and oxygen atoms in total. The Labute approximate surface area is 128 Å². The van der Waals surface area contributed by atoms with Gasteiger partial charge in [-0.25, -0.2) is 8.42 Å². The van der Waals surface area contributed by atoms with Crippen molar-refractivity contribution in [1.29, 1.82) is 0 Å². The molecule has 1 aliphatic heterocycles. The van der Waals surface area contributed by atoms with Gasteiger partial charge < -0.3 is 5.32 Å². The molecule has 0 radical (unpaired) electrons. The van der Waals surface area contributed by atoms with E-state index in [0.29, 0.717) is 23.6 Å². The second-order valence-electron chi connectivity index (χ2n) is 5.15. The SMILES string of the molecule is O=C(NCCCC1CCS(=O)(=O)C1)c1ccccc1Br. The van der Waals surface area contributed by atoms with Crippen LogP contribution in [0, 0.1) is 5.92 Å². The predicted octanol–water partition coefficient (Wildman–Crippen LogP) is 2.39. The van der Waals surface area contributed by atoms with Gasteiger partial charge in [-0.3, -0.25) is 4.79 Å². The zero-order chi connectivity index (χ0) is 14.6. The predicted molar refractivity (Wildman–Crippen MR) is 82.5 cm³/mol. The van der Waals surface area contributed by atoms with Gasteiger partial charge in [-0.05, 0) is 53.2 Å². The van der Waals surface area contributed by atoms with Gasteiger partial charge in [-0.2, -0.15) is 0 Å². The maximum Gasteiger partial charge on any atom is 0.252 e. The molecule has 1 atom stereocenters. The fourth-order valence-electron chi connectivity index (χ4n) is 2.43. The van der Waals surface area contributed by atoms with E-state index in [1.54, 1.807) is 6.07 Å². The normalized spacial score (nSPS) is 20.8. The summed E-state index contributed by atoms with van der Waals surface area (Å²) in [7, 11) is -2.79. The number of halogens is 1. The van der Waals surface area contributed by atoms with Gasteiger partial charge in [-0.1, -0.05) is 12.1 Å². The van der Waals surface area contributed by atoms with Crippen LogP contribution in [-0.2, 0) is 9.84 Å². The second-order valence-corrected chi connectivity index (χ2v) is 8.23. The Bertz CT molecular complexity index is 586. The van der Waals surface area contributed by atoms with Crippen molar-refractivity contribution in [3.05, 3.63) is 34.3 Å². The van der Waals surface area contributed by atoms with Gasteiger partial charge in [0.05, 0.1) is 17.1 Å². The number of sulfone groups is 1. The second kappa shape index (κ2) is 6.72. The first-order chi connectivity index (χ1) is 9.48. The average molecular weight is 360 g/mol. The maximum absolute atomic E-state index is 11.9. The van der Waals surface area contributed by atoms with Gasteiger partial charge in [0.25, 0.3) is 5.91 Å². The Morgan fingerprint density at radius 2 is 2.10 bits per heavy atom. The Kier molecular flexibility index (Phi) is 5.21. The molecule has 1 aromatic rings. The van der Waals surface area contributed by atoms with E-state index < -0.39 is 9.84 Å². The van der Waals surface area contributed by atoms with Crippen LogP contribution < -0.4 is 5.32 Å². The Balaban J connectivity index is 1.72. The highest BCUT2D eigenvalue weighted by Crippen LogP contribution is 2.22. The van der Waals surface area contributed by atoms with Crippen molar-refractivity contribution in [2.75, 3.05) is 18.1 Å². The van der Waals surface area contributed by atoms with E-state index in [4.69, 9.17) is 0 Å². The number of benzene rings is 1. The maximum atomic E-state index is 11.9. The van der Waals surface area contributed by atoms with Crippen LogP contribution in [0.2, 0.25) is 0 Å². The molecule has 0 spiro atoms. The van der Waals surface area contributed by atoms with Gasteiger partial charge in [0, 0.05) is 11.0 Å². The van der Waals surface area contributed by atoms with E-state index >= 15 is 0 Å². The number of carbonyl (C=O) groups excluding carboxylic acids is 1. The quantitative estimate of drug-likeness (QED) is 0.821. The summed E-state index contributed by atoms with van der Waals surface area (Å²) in [6.07, 6.45) is 2.44. The lowest BCUT2D eigenvalue weighted by Crippen LogP contribution is -2.25. The minimum atomic E-state index is -2.79. The zero-order valence-electron chi connectivity index (χ0n) is 11.1. The number of nitrogens with one attached hydrogen (secondary N) is 1. The van der Waals surface area contributed by atoms with Crippen molar-refractivity contribution in [1.82, 2.24) is 5.32 Å². The minimum absolute atomic E-state index is 0.100. The number of rotatable bonds is 5. The van der Waals surface area contributed by atoms with E-state index in [2.05, 4.69) is 21.2 Å². The lowest BCUT2D eigenvalue weighted by molar-refractivity contribution is 0.0951. The summed E-state index contributed by atoms with van der Waals surface area (Å²) in [5.41, 5.74) is 0.621. The molecule has 1 fully saturated rings. The molecule has 1 unspecified atom stereocenters. The molecule has 1 amide bonds. The summed E-state index contributed by atoms with van der Waals surface area (Å²) in [4.78, 5) is 11.9. The van der Waals surface area contributed by atoms with Crippen molar-refractivity contribution >= 4 is 31.7 Å². The third kappa shape index (κ3) is 4.31. The first-order valence-electron chi connectivity index (χ1n) is 6.71. The molecule has 1 heterocycles.